The van der Waals surface area contributed by atoms with Gasteiger partial charge < -0.3 is 5.32 Å². The fourth-order valence-corrected chi connectivity index (χ4v) is 3.16. The minimum absolute atomic E-state index is 0.777. The van der Waals surface area contributed by atoms with Crippen LogP contribution in [0.5, 0.6) is 0 Å². The summed E-state index contributed by atoms with van der Waals surface area (Å²) in [6.45, 7) is 3.51. The van der Waals surface area contributed by atoms with E-state index in [4.69, 9.17) is 0 Å². The minimum atomic E-state index is 0.777. The lowest BCUT2D eigenvalue weighted by molar-refractivity contribution is 0.354. The molecule has 0 saturated heterocycles. The highest BCUT2D eigenvalue weighted by molar-refractivity contribution is 7.99. The second-order valence-electron chi connectivity index (χ2n) is 4.74. The van der Waals surface area contributed by atoms with Crippen LogP contribution in [0.15, 0.2) is 0 Å². The molecule has 0 aromatic rings. The topological polar surface area (TPSA) is 12.0 Å². The number of fused-ring (bicyclic) bond motifs is 2. The molecule has 0 heterocycles. The van der Waals surface area contributed by atoms with Crippen molar-refractivity contribution in [2.75, 3.05) is 12.8 Å². The van der Waals surface area contributed by atoms with E-state index in [1.54, 1.807) is 0 Å². The minimum Gasteiger partial charge on any atom is -0.313 e. The van der Waals surface area contributed by atoms with Crippen LogP contribution >= 0.6 is 11.8 Å². The summed E-state index contributed by atoms with van der Waals surface area (Å²) in [4.78, 5) is 0. The summed E-state index contributed by atoms with van der Waals surface area (Å²) in [5.74, 6) is 2.10. The molecule has 2 fully saturated rings. The molecule has 4 unspecified atom stereocenters. The molecule has 2 saturated carbocycles. The third-order valence-electron chi connectivity index (χ3n) is 3.81. The Labute approximate surface area is 86.0 Å². The molecule has 0 aromatic carbocycles. The summed E-state index contributed by atoms with van der Waals surface area (Å²) in [7, 11) is 0. The van der Waals surface area contributed by atoms with Crippen LogP contribution in [0.3, 0.4) is 0 Å². The molecule has 2 aliphatic carbocycles. The Hall–Kier alpha value is 0.310. The third kappa shape index (κ3) is 2.21. The third-order valence-corrected chi connectivity index (χ3v) is 4.78. The zero-order valence-corrected chi connectivity index (χ0v) is 9.57. The Bertz CT molecular complexity index is 171. The first-order valence-corrected chi connectivity index (χ1v) is 6.84. The van der Waals surface area contributed by atoms with E-state index in [0.717, 1.165) is 23.1 Å². The monoisotopic (exact) mass is 199 g/mol. The Morgan fingerprint density at radius 2 is 2.23 bits per heavy atom. The average Bonchev–Trinajstić information content (AvgIpc) is 2.74. The van der Waals surface area contributed by atoms with E-state index in [0.29, 0.717) is 0 Å². The highest BCUT2D eigenvalue weighted by atomic mass is 32.2. The van der Waals surface area contributed by atoms with Gasteiger partial charge in [0.05, 0.1) is 0 Å². The maximum absolute atomic E-state index is 3.74. The summed E-state index contributed by atoms with van der Waals surface area (Å²) in [6, 6.07) is 0.869. The molecular formula is C11H21NS. The molecule has 2 aliphatic rings. The van der Waals surface area contributed by atoms with Crippen LogP contribution in [-0.4, -0.2) is 24.1 Å². The number of rotatable bonds is 4. The molecule has 4 atom stereocenters. The molecular weight excluding hydrogens is 178 g/mol. The first-order chi connectivity index (χ1) is 6.29. The summed E-state index contributed by atoms with van der Waals surface area (Å²) < 4.78 is 0. The first kappa shape index (κ1) is 9.85. The molecule has 0 spiro atoms. The molecule has 76 valence electrons. The molecule has 0 aliphatic heterocycles. The van der Waals surface area contributed by atoms with Gasteiger partial charge in [0.15, 0.2) is 0 Å². The SMILES string of the molecule is CSC(C)CNC1CC2CCC1C2. The van der Waals surface area contributed by atoms with Gasteiger partial charge in [0.25, 0.3) is 0 Å². The van der Waals surface area contributed by atoms with Gasteiger partial charge in [-0.2, -0.15) is 11.8 Å². The fourth-order valence-electron chi connectivity index (χ4n) is 2.90. The molecule has 0 aromatic heterocycles. The van der Waals surface area contributed by atoms with Crippen LogP contribution < -0.4 is 5.32 Å². The standard InChI is InChI=1S/C11H21NS/c1-8(13-2)7-12-11-6-9-3-4-10(11)5-9/h8-12H,3-7H2,1-2H3. The smallest absolute Gasteiger partial charge is 0.0141 e. The number of hydrogen-bond donors (Lipinski definition) is 1. The lowest BCUT2D eigenvalue weighted by Crippen LogP contribution is -2.37. The lowest BCUT2D eigenvalue weighted by atomic mass is 9.95. The van der Waals surface area contributed by atoms with Crippen molar-refractivity contribution in [3.63, 3.8) is 0 Å². The van der Waals surface area contributed by atoms with Gasteiger partial charge in [0.1, 0.15) is 0 Å². The van der Waals surface area contributed by atoms with Gasteiger partial charge in [-0.15, -0.1) is 0 Å². The molecule has 2 rings (SSSR count). The second kappa shape index (κ2) is 4.22. The molecule has 2 heteroatoms. The molecule has 0 radical (unpaired) electrons. The Kier molecular flexibility index (Phi) is 3.20. The van der Waals surface area contributed by atoms with Gasteiger partial charge in [-0.25, -0.2) is 0 Å². The maximum atomic E-state index is 3.74. The van der Waals surface area contributed by atoms with Gasteiger partial charge >= 0.3 is 0 Å². The summed E-state index contributed by atoms with van der Waals surface area (Å²) in [6.07, 6.45) is 8.20. The summed E-state index contributed by atoms with van der Waals surface area (Å²) in [5.41, 5.74) is 0. The largest absolute Gasteiger partial charge is 0.313 e. The van der Waals surface area contributed by atoms with Crippen molar-refractivity contribution in [1.82, 2.24) is 5.32 Å². The molecule has 1 nitrogen and oxygen atoms in total. The van der Waals surface area contributed by atoms with Crippen molar-refractivity contribution in [2.45, 2.75) is 43.9 Å². The van der Waals surface area contributed by atoms with Gasteiger partial charge in [0.2, 0.25) is 0 Å². The van der Waals surface area contributed by atoms with Crippen LogP contribution in [-0.2, 0) is 0 Å². The Balaban J connectivity index is 1.71. The predicted octanol–water partition coefficient (Wildman–Crippen LogP) is 2.52. The van der Waals surface area contributed by atoms with Crippen molar-refractivity contribution >= 4 is 11.8 Å². The molecule has 0 amide bonds. The van der Waals surface area contributed by atoms with Crippen LogP contribution in [0.2, 0.25) is 0 Å². The molecule has 1 N–H and O–H groups in total. The molecule has 2 bridgehead atoms. The predicted molar refractivity (Wildman–Crippen MR) is 60.2 cm³/mol. The van der Waals surface area contributed by atoms with Crippen LogP contribution in [0.1, 0.15) is 32.6 Å². The first-order valence-electron chi connectivity index (χ1n) is 5.55. The summed E-state index contributed by atoms with van der Waals surface area (Å²) in [5, 5.41) is 4.52. The van der Waals surface area contributed by atoms with E-state index in [1.807, 2.05) is 11.8 Å². The van der Waals surface area contributed by atoms with Gasteiger partial charge in [-0.3, -0.25) is 0 Å². The van der Waals surface area contributed by atoms with Gasteiger partial charge in [-0.1, -0.05) is 13.3 Å². The van der Waals surface area contributed by atoms with Gasteiger partial charge in [0, 0.05) is 17.8 Å². The van der Waals surface area contributed by atoms with Crippen molar-refractivity contribution < 1.29 is 0 Å². The van der Waals surface area contributed by atoms with E-state index in [2.05, 4.69) is 18.5 Å². The zero-order valence-electron chi connectivity index (χ0n) is 8.75. The van der Waals surface area contributed by atoms with Crippen LogP contribution in [0.4, 0.5) is 0 Å². The number of thioether (sulfide) groups is 1. The quantitative estimate of drug-likeness (QED) is 0.746. The normalized spacial score (nSPS) is 39.7. The van der Waals surface area contributed by atoms with Gasteiger partial charge in [-0.05, 0) is 37.4 Å². The average molecular weight is 199 g/mol. The van der Waals surface area contributed by atoms with E-state index in [1.165, 1.54) is 32.2 Å². The summed E-state index contributed by atoms with van der Waals surface area (Å²) >= 11 is 1.97. The lowest BCUT2D eigenvalue weighted by Gasteiger charge is -2.24. The zero-order chi connectivity index (χ0) is 9.26. The second-order valence-corrected chi connectivity index (χ2v) is 6.01. The fraction of sp³-hybridized carbons (Fsp3) is 1.00. The number of nitrogens with one attached hydrogen (secondary N) is 1. The van der Waals surface area contributed by atoms with Crippen molar-refractivity contribution in [1.29, 1.82) is 0 Å². The van der Waals surface area contributed by atoms with Crippen molar-refractivity contribution in [3.8, 4) is 0 Å². The van der Waals surface area contributed by atoms with E-state index < -0.39 is 0 Å². The van der Waals surface area contributed by atoms with Crippen LogP contribution in [0, 0.1) is 11.8 Å². The highest BCUT2D eigenvalue weighted by Crippen LogP contribution is 2.44. The maximum Gasteiger partial charge on any atom is 0.0141 e. The van der Waals surface area contributed by atoms with Crippen molar-refractivity contribution in [2.24, 2.45) is 11.8 Å². The Morgan fingerprint density at radius 1 is 1.38 bits per heavy atom. The van der Waals surface area contributed by atoms with E-state index >= 15 is 0 Å². The highest BCUT2D eigenvalue weighted by Gasteiger charge is 2.38. The number of hydrogen-bond acceptors (Lipinski definition) is 2. The van der Waals surface area contributed by atoms with Crippen molar-refractivity contribution in [3.05, 3.63) is 0 Å². The molecule has 13 heavy (non-hydrogen) atoms. The Morgan fingerprint density at radius 3 is 2.77 bits per heavy atom. The van der Waals surface area contributed by atoms with Crippen LogP contribution in [0.25, 0.3) is 0 Å². The van der Waals surface area contributed by atoms with E-state index in [-0.39, 0.29) is 0 Å². The van der Waals surface area contributed by atoms with E-state index in [9.17, 15) is 0 Å².